The van der Waals surface area contributed by atoms with Crippen molar-refractivity contribution >= 4 is 23.5 Å². The van der Waals surface area contributed by atoms with Crippen molar-refractivity contribution in [3.05, 3.63) is 60.7 Å². The van der Waals surface area contributed by atoms with Crippen LogP contribution < -0.4 is 10.1 Å². The molecule has 1 amide bonds. The average molecular weight is 359 g/mol. The van der Waals surface area contributed by atoms with Crippen LogP contribution in [-0.4, -0.2) is 24.6 Å². The van der Waals surface area contributed by atoms with Gasteiger partial charge in [-0.2, -0.15) is 0 Å². The molecule has 0 heterocycles. The number of phenols is 1. The third-order valence-electron chi connectivity index (χ3n) is 3.54. The Labute approximate surface area is 151 Å². The van der Waals surface area contributed by atoms with Gasteiger partial charge in [-0.1, -0.05) is 12.1 Å². The SMILES string of the molecule is C=CC[C@@H](OC(=O)Nc1ccc(SC)cc1)c1ccc(OC)c(O)c1. The standard InChI is InChI=1S/C19H21NO4S/c1-4-5-17(13-6-11-18(23-2)16(21)12-13)24-19(22)20-14-7-9-15(25-3)10-8-14/h4,6-12,17,21H,1,5H2,2-3H3,(H,20,22)/t17-/m1/s1. The number of phenolic OH excluding ortho intramolecular Hbond substituents is 1. The second-order valence-electron chi connectivity index (χ2n) is 5.20. The molecule has 2 aromatic rings. The van der Waals surface area contributed by atoms with Crippen LogP contribution in [0.25, 0.3) is 0 Å². The number of benzene rings is 2. The molecule has 0 aliphatic carbocycles. The molecule has 0 aromatic heterocycles. The first-order valence-electron chi connectivity index (χ1n) is 7.67. The van der Waals surface area contributed by atoms with Gasteiger partial charge in [-0.05, 0) is 48.2 Å². The summed E-state index contributed by atoms with van der Waals surface area (Å²) in [5, 5.41) is 12.6. The van der Waals surface area contributed by atoms with Crippen LogP contribution in [0.3, 0.4) is 0 Å². The fourth-order valence-electron chi connectivity index (χ4n) is 2.26. The van der Waals surface area contributed by atoms with Crippen molar-refractivity contribution in [3.63, 3.8) is 0 Å². The molecular formula is C19H21NO4S. The average Bonchev–Trinajstić information content (AvgIpc) is 2.62. The minimum atomic E-state index is -0.570. The first-order chi connectivity index (χ1) is 12.1. The third kappa shape index (κ3) is 5.19. The molecule has 2 aromatic carbocycles. The number of carbonyl (C=O) groups is 1. The highest BCUT2D eigenvalue weighted by Gasteiger charge is 2.17. The molecule has 0 radical (unpaired) electrons. The predicted molar refractivity (Wildman–Crippen MR) is 101 cm³/mol. The number of ether oxygens (including phenoxy) is 2. The van der Waals surface area contributed by atoms with Crippen molar-refractivity contribution < 1.29 is 19.4 Å². The summed E-state index contributed by atoms with van der Waals surface area (Å²) in [6, 6.07) is 12.4. The van der Waals surface area contributed by atoms with Gasteiger partial charge in [-0.3, -0.25) is 5.32 Å². The van der Waals surface area contributed by atoms with Crippen LogP contribution >= 0.6 is 11.8 Å². The lowest BCUT2D eigenvalue weighted by Crippen LogP contribution is -2.17. The summed E-state index contributed by atoms with van der Waals surface area (Å²) in [5.41, 5.74) is 1.31. The molecule has 0 saturated heterocycles. The first-order valence-corrected chi connectivity index (χ1v) is 8.89. The molecule has 2 rings (SSSR count). The molecule has 0 spiro atoms. The van der Waals surface area contributed by atoms with Gasteiger partial charge in [0.25, 0.3) is 0 Å². The lowest BCUT2D eigenvalue weighted by Gasteiger charge is -2.18. The largest absolute Gasteiger partial charge is 0.504 e. The summed E-state index contributed by atoms with van der Waals surface area (Å²) < 4.78 is 10.5. The number of rotatable bonds is 7. The van der Waals surface area contributed by atoms with E-state index in [-0.39, 0.29) is 5.75 Å². The van der Waals surface area contributed by atoms with Gasteiger partial charge in [-0.15, -0.1) is 18.3 Å². The smallest absolute Gasteiger partial charge is 0.412 e. The molecule has 0 bridgehead atoms. The van der Waals surface area contributed by atoms with Crippen molar-refractivity contribution in [2.24, 2.45) is 0 Å². The van der Waals surface area contributed by atoms with Crippen LogP contribution in [0.1, 0.15) is 18.1 Å². The van der Waals surface area contributed by atoms with Crippen molar-refractivity contribution in [2.45, 2.75) is 17.4 Å². The van der Waals surface area contributed by atoms with Gasteiger partial charge in [0.15, 0.2) is 11.5 Å². The predicted octanol–water partition coefficient (Wildman–Crippen LogP) is 4.99. The number of thioether (sulfide) groups is 1. The molecule has 0 unspecified atom stereocenters. The van der Waals surface area contributed by atoms with E-state index in [1.54, 1.807) is 30.0 Å². The Morgan fingerprint density at radius 2 is 2.04 bits per heavy atom. The lowest BCUT2D eigenvalue weighted by atomic mass is 10.1. The van der Waals surface area contributed by atoms with Gasteiger partial charge in [0.1, 0.15) is 6.10 Å². The van der Waals surface area contributed by atoms with E-state index in [0.717, 1.165) is 4.90 Å². The van der Waals surface area contributed by atoms with Gasteiger partial charge in [0.2, 0.25) is 0 Å². The van der Waals surface area contributed by atoms with E-state index in [0.29, 0.717) is 23.4 Å². The number of methoxy groups -OCH3 is 1. The zero-order valence-electron chi connectivity index (χ0n) is 14.2. The molecular weight excluding hydrogens is 338 g/mol. The Kier molecular flexibility index (Phi) is 6.77. The van der Waals surface area contributed by atoms with Gasteiger partial charge in [0.05, 0.1) is 7.11 Å². The van der Waals surface area contributed by atoms with E-state index >= 15 is 0 Å². The highest BCUT2D eigenvalue weighted by atomic mass is 32.2. The van der Waals surface area contributed by atoms with Gasteiger partial charge >= 0.3 is 6.09 Å². The van der Waals surface area contributed by atoms with Crippen LogP contribution in [0.2, 0.25) is 0 Å². The van der Waals surface area contributed by atoms with E-state index in [9.17, 15) is 9.90 Å². The number of hydrogen-bond acceptors (Lipinski definition) is 5. The maximum atomic E-state index is 12.2. The molecule has 132 valence electrons. The zero-order chi connectivity index (χ0) is 18.2. The fraction of sp³-hybridized carbons (Fsp3) is 0.211. The Morgan fingerprint density at radius 3 is 2.60 bits per heavy atom. The molecule has 6 heteroatoms. The van der Waals surface area contributed by atoms with Gasteiger partial charge in [0, 0.05) is 17.0 Å². The van der Waals surface area contributed by atoms with Gasteiger partial charge < -0.3 is 14.6 Å². The third-order valence-corrected chi connectivity index (χ3v) is 4.28. The van der Waals surface area contributed by atoms with Crippen molar-refractivity contribution in [1.29, 1.82) is 0 Å². The van der Waals surface area contributed by atoms with Crippen molar-refractivity contribution in [3.8, 4) is 11.5 Å². The molecule has 0 saturated carbocycles. The summed E-state index contributed by atoms with van der Waals surface area (Å²) in [4.78, 5) is 13.3. The Morgan fingerprint density at radius 1 is 1.32 bits per heavy atom. The molecule has 0 aliphatic heterocycles. The van der Waals surface area contributed by atoms with E-state index in [2.05, 4.69) is 11.9 Å². The Balaban J connectivity index is 2.08. The molecule has 5 nitrogen and oxygen atoms in total. The molecule has 0 aliphatic rings. The number of aromatic hydroxyl groups is 1. The minimum Gasteiger partial charge on any atom is -0.504 e. The maximum Gasteiger partial charge on any atom is 0.412 e. The number of carbonyl (C=O) groups excluding carboxylic acids is 1. The summed E-state index contributed by atoms with van der Waals surface area (Å²) in [7, 11) is 1.47. The monoisotopic (exact) mass is 359 g/mol. The van der Waals surface area contributed by atoms with Crippen LogP contribution in [0.5, 0.6) is 11.5 Å². The fourth-order valence-corrected chi connectivity index (χ4v) is 2.67. The van der Waals surface area contributed by atoms with Crippen LogP contribution in [0.15, 0.2) is 60.0 Å². The zero-order valence-corrected chi connectivity index (χ0v) is 15.0. The van der Waals surface area contributed by atoms with Gasteiger partial charge in [-0.25, -0.2) is 4.79 Å². The number of anilines is 1. The Bertz CT molecular complexity index is 731. The Hall–Kier alpha value is -2.60. The summed E-state index contributed by atoms with van der Waals surface area (Å²) in [6.45, 7) is 3.69. The topological polar surface area (TPSA) is 67.8 Å². The van der Waals surface area contributed by atoms with E-state index < -0.39 is 12.2 Å². The molecule has 2 N–H and O–H groups in total. The van der Waals surface area contributed by atoms with E-state index in [1.165, 1.54) is 13.2 Å². The summed E-state index contributed by atoms with van der Waals surface area (Å²) >= 11 is 1.63. The second-order valence-corrected chi connectivity index (χ2v) is 6.08. The maximum absolute atomic E-state index is 12.2. The summed E-state index contributed by atoms with van der Waals surface area (Å²) in [5.74, 6) is 0.352. The van der Waals surface area contributed by atoms with E-state index in [4.69, 9.17) is 9.47 Å². The molecule has 1 atom stereocenters. The van der Waals surface area contributed by atoms with Crippen LogP contribution in [0, 0.1) is 0 Å². The molecule has 0 fully saturated rings. The number of amides is 1. The highest BCUT2D eigenvalue weighted by Crippen LogP contribution is 2.31. The quantitative estimate of drug-likeness (QED) is 0.538. The number of nitrogens with one attached hydrogen (secondary N) is 1. The first kappa shape index (κ1) is 18.7. The lowest BCUT2D eigenvalue weighted by molar-refractivity contribution is 0.112. The molecule has 25 heavy (non-hydrogen) atoms. The van der Waals surface area contributed by atoms with Crippen molar-refractivity contribution in [2.75, 3.05) is 18.7 Å². The van der Waals surface area contributed by atoms with Crippen LogP contribution in [-0.2, 0) is 4.74 Å². The minimum absolute atomic E-state index is 0.00859. The van der Waals surface area contributed by atoms with Crippen molar-refractivity contribution in [1.82, 2.24) is 0 Å². The van der Waals surface area contributed by atoms with Crippen LogP contribution in [0.4, 0.5) is 10.5 Å². The normalized spacial score (nSPS) is 11.4. The highest BCUT2D eigenvalue weighted by molar-refractivity contribution is 7.98. The van der Waals surface area contributed by atoms with E-state index in [1.807, 2.05) is 30.5 Å². The number of hydrogen-bond donors (Lipinski definition) is 2. The summed E-state index contributed by atoms with van der Waals surface area (Å²) in [6.07, 6.45) is 2.94. The second kappa shape index (κ2) is 9.03.